The molecular weight excluding hydrogens is 176 g/mol. The molecule has 2 nitrogen and oxygen atoms in total. The number of rotatable bonds is 5. The number of hydrogen-bond donors (Lipinski definition) is 0. The van der Waals surface area contributed by atoms with Crippen molar-refractivity contribution in [3.05, 3.63) is 0 Å². The van der Waals surface area contributed by atoms with Gasteiger partial charge in [-0.15, -0.1) is 0 Å². The zero-order valence-electron chi connectivity index (χ0n) is 9.64. The molecule has 1 heterocycles. The van der Waals surface area contributed by atoms with Crippen molar-refractivity contribution < 1.29 is 9.53 Å². The molecule has 1 aliphatic rings. The van der Waals surface area contributed by atoms with Crippen molar-refractivity contribution >= 4 is 5.78 Å². The van der Waals surface area contributed by atoms with Crippen molar-refractivity contribution in [2.75, 3.05) is 6.61 Å². The normalized spacial score (nSPS) is 22.6. The van der Waals surface area contributed by atoms with Gasteiger partial charge in [-0.3, -0.25) is 4.79 Å². The summed E-state index contributed by atoms with van der Waals surface area (Å²) in [5, 5.41) is 0. The van der Waals surface area contributed by atoms with Crippen LogP contribution in [0.3, 0.4) is 0 Å². The SMILES string of the molecule is CCC(C)(C)C(=O)CCC1CCCO1. The van der Waals surface area contributed by atoms with Gasteiger partial charge in [-0.05, 0) is 25.7 Å². The average Bonchev–Trinajstić information content (AvgIpc) is 2.66. The minimum atomic E-state index is -0.140. The number of carbonyl (C=O) groups excluding carboxylic acids is 1. The van der Waals surface area contributed by atoms with Crippen LogP contribution >= 0.6 is 0 Å². The Labute approximate surface area is 87.0 Å². The van der Waals surface area contributed by atoms with Gasteiger partial charge in [-0.2, -0.15) is 0 Å². The Bertz CT molecular complexity index is 190. The second-order valence-corrected chi connectivity index (χ2v) is 4.83. The number of ketones is 1. The highest BCUT2D eigenvalue weighted by Crippen LogP contribution is 2.25. The lowest BCUT2D eigenvalue weighted by Crippen LogP contribution is -2.24. The van der Waals surface area contributed by atoms with Crippen molar-refractivity contribution in [3.8, 4) is 0 Å². The molecule has 0 N–H and O–H groups in total. The minimum Gasteiger partial charge on any atom is -0.378 e. The van der Waals surface area contributed by atoms with E-state index in [2.05, 4.69) is 6.92 Å². The topological polar surface area (TPSA) is 26.3 Å². The van der Waals surface area contributed by atoms with Crippen molar-refractivity contribution in [1.82, 2.24) is 0 Å². The van der Waals surface area contributed by atoms with Crippen LogP contribution in [0.15, 0.2) is 0 Å². The summed E-state index contributed by atoms with van der Waals surface area (Å²) in [5.41, 5.74) is -0.140. The van der Waals surface area contributed by atoms with E-state index in [1.165, 1.54) is 0 Å². The molecule has 0 aromatic rings. The van der Waals surface area contributed by atoms with Crippen molar-refractivity contribution in [2.24, 2.45) is 5.41 Å². The lowest BCUT2D eigenvalue weighted by atomic mass is 9.83. The molecule has 1 atom stereocenters. The molecule has 1 unspecified atom stereocenters. The number of ether oxygens (including phenoxy) is 1. The van der Waals surface area contributed by atoms with Gasteiger partial charge in [0.2, 0.25) is 0 Å². The van der Waals surface area contributed by atoms with Crippen LogP contribution in [0.2, 0.25) is 0 Å². The maximum Gasteiger partial charge on any atom is 0.138 e. The zero-order valence-corrected chi connectivity index (χ0v) is 9.64. The maximum atomic E-state index is 11.8. The summed E-state index contributed by atoms with van der Waals surface area (Å²) >= 11 is 0. The highest BCUT2D eigenvalue weighted by Gasteiger charge is 2.26. The molecule has 1 rings (SSSR count). The second-order valence-electron chi connectivity index (χ2n) is 4.83. The monoisotopic (exact) mass is 198 g/mol. The Morgan fingerprint density at radius 1 is 1.50 bits per heavy atom. The molecule has 0 aromatic heterocycles. The van der Waals surface area contributed by atoms with Gasteiger partial charge in [0, 0.05) is 18.4 Å². The molecule has 0 aromatic carbocycles. The van der Waals surface area contributed by atoms with Crippen LogP contribution in [0, 0.1) is 5.41 Å². The van der Waals surface area contributed by atoms with Gasteiger partial charge in [0.05, 0.1) is 6.10 Å². The van der Waals surface area contributed by atoms with Crippen LogP contribution in [0.5, 0.6) is 0 Å². The molecule has 0 saturated carbocycles. The van der Waals surface area contributed by atoms with Crippen LogP contribution in [-0.4, -0.2) is 18.5 Å². The summed E-state index contributed by atoms with van der Waals surface area (Å²) in [7, 11) is 0. The summed E-state index contributed by atoms with van der Waals surface area (Å²) in [5.74, 6) is 0.385. The smallest absolute Gasteiger partial charge is 0.138 e. The summed E-state index contributed by atoms with van der Waals surface area (Å²) in [4.78, 5) is 11.8. The Balaban J connectivity index is 2.26. The predicted molar refractivity (Wildman–Crippen MR) is 57.3 cm³/mol. The predicted octanol–water partition coefficient (Wildman–Crippen LogP) is 2.95. The van der Waals surface area contributed by atoms with Gasteiger partial charge in [-0.1, -0.05) is 20.8 Å². The lowest BCUT2D eigenvalue weighted by molar-refractivity contribution is -0.127. The molecule has 0 spiro atoms. The standard InChI is InChI=1S/C12H22O2/c1-4-12(2,3)11(13)8-7-10-6-5-9-14-10/h10H,4-9H2,1-3H3. The summed E-state index contributed by atoms with van der Waals surface area (Å²) in [6.45, 7) is 7.02. The van der Waals surface area contributed by atoms with Crippen molar-refractivity contribution in [2.45, 2.75) is 59.0 Å². The highest BCUT2D eigenvalue weighted by atomic mass is 16.5. The molecule has 1 saturated heterocycles. The summed E-state index contributed by atoms with van der Waals surface area (Å²) < 4.78 is 5.50. The minimum absolute atomic E-state index is 0.140. The van der Waals surface area contributed by atoms with Gasteiger partial charge in [0.1, 0.15) is 5.78 Å². The molecule has 1 fully saturated rings. The fraction of sp³-hybridized carbons (Fsp3) is 0.917. The van der Waals surface area contributed by atoms with Crippen LogP contribution in [0.4, 0.5) is 0 Å². The third kappa shape index (κ3) is 3.09. The fourth-order valence-electron chi connectivity index (χ4n) is 1.70. The van der Waals surface area contributed by atoms with E-state index in [0.717, 1.165) is 32.3 Å². The Morgan fingerprint density at radius 2 is 2.21 bits per heavy atom. The van der Waals surface area contributed by atoms with E-state index in [4.69, 9.17) is 4.74 Å². The summed E-state index contributed by atoms with van der Waals surface area (Å²) in [6, 6.07) is 0. The molecule has 0 bridgehead atoms. The first-order valence-electron chi connectivity index (χ1n) is 5.71. The average molecular weight is 198 g/mol. The van der Waals surface area contributed by atoms with Gasteiger partial charge in [0.15, 0.2) is 0 Å². The van der Waals surface area contributed by atoms with E-state index in [1.54, 1.807) is 0 Å². The molecule has 82 valence electrons. The largest absolute Gasteiger partial charge is 0.378 e. The first-order valence-corrected chi connectivity index (χ1v) is 5.71. The van der Waals surface area contributed by atoms with Crippen LogP contribution in [0.25, 0.3) is 0 Å². The highest BCUT2D eigenvalue weighted by molar-refractivity contribution is 5.83. The maximum absolute atomic E-state index is 11.8. The number of Topliss-reactive ketones (excluding diaryl/α,β-unsaturated/α-hetero) is 1. The van der Waals surface area contributed by atoms with Crippen LogP contribution < -0.4 is 0 Å². The van der Waals surface area contributed by atoms with Gasteiger partial charge in [0.25, 0.3) is 0 Å². The van der Waals surface area contributed by atoms with E-state index in [1.807, 2.05) is 13.8 Å². The van der Waals surface area contributed by atoms with Crippen LogP contribution in [-0.2, 0) is 9.53 Å². The molecule has 1 aliphatic heterocycles. The van der Waals surface area contributed by atoms with E-state index < -0.39 is 0 Å². The number of carbonyl (C=O) groups is 1. The first kappa shape index (κ1) is 11.7. The van der Waals surface area contributed by atoms with Gasteiger partial charge in [-0.25, -0.2) is 0 Å². The fourth-order valence-corrected chi connectivity index (χ4v) is 1.70. The van der Waals surface area contributed by atoms with E-state index >= 15 is 0 Å². The third-order valence-electron chi connectivity index (χ3n) is 3.36. The molecule has 0 aliphatic carbocycles. The molecule has 0 amide bonds. The van der Waals surface area contributed by atoms with Crippen molar-refractivity contribution in [3.63, 3.8) is 0 Å². The Hall–Kier alpha value is -0.370. The van der Waals surface area contributed by atoms with E-state index in [0.29, 0.717) is 18.3 Å². The second kappa shape index (κ2) is 4.92. The van der Waals surface area contributed by atoms with Gasteiger partial charge < -0.3 is 4.74 Å². The molecule has 0 radical (unpaired) electrons. The van der Waals surface area contributed by atoms with Crippen molar-refractivity contribution in [1.29, 1.82) is 0 Å². The van der Waals surface area contributed by atoms with Gasteiger partial charge >= 0.3 is 0 Å². The van der Waals surface area contributed by atoms with E-state index in [9.17, 15) is 4.79 Å². The third-order valence-corrected chi connectivity index (χ3v) is 3.36. The summed E-state index contributed by atoms with van der Waals surface area (Å²) in [6.07, 6.45) is 5.19. The number of hydrogen-bond acceptors (Lipinski definition) is 2. The first-order chi connectivity index (χ1) is 6.56. The zero-order chi connectivity index (χ0) is 10.6. The lowest BCUT2D eigenvalue weighted by Gasteiger charge is -2.21. The molecule has 14 heavy (non-hydrogen) atoms. The van der Waals surface area contributed by atoms with E-state index in [-0.39, 0.29) is 5.41 Å². The Kier molecular flexibility index (Phi) is 4.11. The quantitative estimate of drug-likeness (QED) is 0.679. The molecule has 2 heteroatoms. The Morgan fingerprint density at radius 3 is 2.71 bits per heavy atom. The van der Waals surface area contributed by atoms with Crippen LogP contribution in [0.1, 0.15) is 52.9 Å². The molecular formula is C12H22O2.